The van der Waals surface area contributed by atoms with Crippen molar-refractivity contribution in [1.82, 2.24) is 59.2 Å². The van der Waals surface area contributed by atoms with E-state index in [1.165, 1.54) is 16.3 Å². The predicted octanol–water partition coefficient (Wildman–Crippen LogP) is 1.53. The number of aromatic nitrogens is 12. The van der Waals surface area contributed by atoms with Crippen molar-refractivity contribution in [3.05, 3.63) is 142 Å². The molecule has 9 aromatic rings. The molecule has 3 aliphatic rings. The van der Waals surface area contributed by atoms with Crippen molar-refractivity contribution in [2.75, 3.05) is 134 Å². The second-order valence-corrected chi connectivity index (χ2v) is 39.7. The van der Waals surface area contributed by atoms with Crippen LogP contribution in [0.1, 0.15) is 50.6 Å². The smallest absolute Gasteiger partial charge is 1.00 e. The standard InChI is InChI=1S/C25H33ClN5O5P.2C22H29ClN5O5P.CH2O3.2K.H/c1-16-20(15-34-11-12-37(4,5)33)36-24(21(16)35-17(2)32)31-23-19(13-27-31)22(28-25(26)29-23)30(3)14-18-9-7-6-8-10-18;2*1-27(12-14-7-5-4-6-8-14)19-15-11-24-28(20(15)26-22(23)25-19)21-18(30)17(29)16(33-21)13-32-9-10-34(2,3)31;2-1-4-3;;;/h6-10,13,16,20-21,24H,11-12,14-15H2,1-5H3;2*4-8,11,16-18,21,29-30H,9-10,12-13H2,1-3H3;1,3H;;;/q;;;;2*+1;-1/p-1/t16-,20-,21-,24?;16-,17-,18-,21+;16-,17-,18-,21-;;;;/m111..../s1. The summed E-state index contributed by atoms with van der Waals surface area (Å²) in [6.07, 6.45) is -3.88. The molecule has 0 radical (unpaired) electrons. The van der Waals surface area contributed by atoms with Crippen molar-refractivity contribution in [1.29, 1.82) is 0 Å². The van der Waals surface area contributed by atoms with Gasteiger partial charge in [0, 0.05) is 72.1 Å². The number of fused-ring (bicyclic) bond motifs is 3. The number of anilines is 3. The topological polar surface area (TPSA) is 404 Å². The minimum Gasteiger partial charge on any atom is -1.00 e. The van der Waals surface area contributed by atoms with Crippen molar-refractivity contribution in [2.24, 2.45) is 5.92 Å². The molecular weight excluding hydrogens is 1620 g/mol. The third-order valence-corrected chi connectivity index (χ3v) is 22.0. The van der Waals surface area contributed by atoms with Gasteiger partial charge in [-0.05, 0) is 91.5 Å². The maximum absolute atomic E-state index is 12.0. The van der Waals surface area contributed by atoms with E-state index in [-0.39, 0.29) is 172 Å². The number of esters is 1. The Balaban J connectivity index is 0.000000252. The van der Waals surface area contributed by atoms with Gasteiger partial charge in [0.05, 0.1) is 102 Å². The first-order valence-electron chi connectivity index (χ1n) is 34.6. The van der Waals surface area contributed by atoms with Gasteiger partial charge in [-0.2, -0.15) is 45.2 Å². The molecule has 1 unspecified atom stereocenters. The molecule has 33 nitrogen and oxygen atoms in total. The van der Waals surface area contributed by atoms with Gasteiger partial charge < -0.3 is 93.6 Å². The van der Waals surface area contributed by atoms with E-state index in [0.717, 1.165) is 16.7 Å². The summed E-state index contributed by atoms with van der Waals surface area (Å²) in [5.74, 6) is 1.20. The summed E-state index contributed by atoms with van der Waals surface area (Å²) < 4.78 is 80.7. The summed E-state index contributed by atoms with van der Waals surface area (Å²) in [7, 11) is -0.848. The van der Waals surface area contributed by atoms with Crippen LogP contribution in [-0.2, 0) is 81.0 Å². The Morgan fingerprint density at radius 1 is 0.514 bits per heavy atom. The van der Waals surface area contributed by atoms with E-state index in [4.69, 9.17) is 78.0 Å². The maximum Gasteiger partial charge on any atom is 1.00 e. The fourth-order valence-electron chi connectivity index (χ4n) is 12.1. The van der Waals surface area contributed by atoms with Gasteiger partial charge in [0.15, 0.2) is 41.7 Å². The molecule has 0 amide bonds. The molecule has 12 rings (SSSR count). The molecule has 0 aliphatic carbocycles. The quantitative estimate of drug-likeness (QED) is 0.00754. The third-order valence-electron chi connectivity index (χ3n) is 17.7. The van der Waals surface area contributed by atoms with E-state index in [1.807, 2.05) is 134 Å². The molecular formula is C70H93Cl3K2N15O18P3. The average Bonchev–Trinajstić information content (AvgIpc) is 1.67. The molecule has 0 bridgehead atoms. The number of carbonyl (C=O) groups excluding carboxylic acids is 2. The van der Waals surface area contributed by atoms with E-state index >= 15 is 0 Å². The van der Waals surface area contributed by atoms with Gasteiger partial charge in [0.2, 0.25) is 15.9 Å². The number of nitrogens with zero attached hydrogens (tertiary/aromatic N) is 15. The first-order chi connectivity index (χ1) is 51.7. The Labute approximate surface area is 744 Å². The summed E-state index contributed by atoms with van der Waals surface area (Å²) >= 11 is 18.8. The summed E-state index contributed by atoms with van der Waals surface area (Å²) in [4.78, 5) is 55.4. The molecule has 594 valence electrons. The molecule has 3 fully saturated rings. The molecule has 0 spiro atoms. The summed E-state index contributed by atoms with van der Waals surface area (Å²) in [6, 6.07) is 29.9. The van der Waals surface area contributed by atoms with E-state index in [2.05, 4.69) is 50.1 Å². The number of aliphatic hydroxyl groups is 4. The van der Waals surface area contributed by atoms with Gasteiger partial charge in [-0.25, -0.2) is 14.0 Å². The van der Waals surface area contributed by atoms with Gasteiger partial charge in [-0.3, -0.25) is 9.59 Å². The molecule has 4 N–H and O–H groups in total. The average molecular weight is 1710 g/mol. The molecule has 3 saturated heterocycles. The van der Waals surface area contributed by atoms with Gasteiger partial charge in [-0.1, -0.05) is 97.9 Å². The number of aliphatic hydroxyl groups excluding tert-OH is 4. The number of ether oxygens (including phenoxy) is 7. The Morgan fingerprint density at radius 2 is 0.802 bits per heavy atom. The minimum absolute atomic E-state index is 0. The van der Waals surface area contributed by atoms with Crippen LogP contribution in [0.2, 0.25) is 15.9 Å². The van der Waals surface area contributed by atoms with Gasteiger partial charge in [-0.15, -0.1) is 0 Å². The Morgan fingerprint density at radius 3 is 1.09 bits per heavy atom. The number of hydrogen-bond acceptors (Lipinski definition) is 30. The first-order valence-corrected chi connectivity index (χ1v) is 44.1. The van der Waals surface area contributed by atoms with E-state index in [1.54, 1.807) is 63.3 Å². The van der Waals surface area contributed by atoms with Crippen LogP contribution < -0.4 is 123 Å². The normalized spacial score (nSPS) is 21.6. The van der Waals surface area contributed by atoms with Crippen LogP contribution in [0.3, 0.4) is 0 Å². The van der Waals surface area contributed by atoms with Gasteiger partial charge >= 0.3 is 109 Å². The van der Waals surface area contributed by atoms with Crippen molar-refractivity contribution >= 4 is 119 Å². The van der Waals surface area contributed by atoms with Crippen LogP contribution in [0.5, 0.6) is 0 Å². The van der Waals surface area contributed by atoms with Gasteiger partial charge in [0.1, 0.15) is 54.1 Å². The SMILES string of the molecule is CC(=O)O[C@H]1C(n2ncc3c(N(C)Cc4ccccc4)nc(Cl)nc32)O[C@H](COCCP(C)(C)=O)[C@H]1C.CN(Cc1ccccc1)c1nc(Cl)nc2c1cnn2[C@@H]1O[C@H](COCCP(C)(C)=O)[C@@H](O)[C@H]1O.CN(Cc1ccccc1)c1nc(Cl)nc2c1cnn2[C@H]1O[C@H](COCCP(C)(C)=O)[C@@H](O)[C@H]1O.O=CO[O-].[H-].[K+].[K+]. The van der Waals surface area contributed by atoms with Crippen LogP contribution in [0.4, 0.5) is 17.5 Å². The first kappa shape index (κ1) is 94.2. The second-order valence-electron chi connectivity index (χ2n) is 27.9. The zero-order valence-corrected chi connectivity index (χ0v) is 75.3. The Hall–Kier alpha value is -3.96. The van der Waals surface area contributed by atoms with E-state index in [0.29, 0.717) is 95.3 Å². The number of benzene rings is 3. The Bertz CT molecular complexity index is 4450. The van der Waals surface area contributed by atoms with Crippen LogP contribution in [0, 0.1) is 5.92 Å². The van der Waals surface area contributed by atoms with Crippen LogP contribution in [-0.4, -0.2) is 260 Å². The molecule has 3 aliphatic heterocycles. The minimum atomic E-state index is -2.20. The fourth-order valence-corrected chi connectivity index (χ4v) is 14.3. The van der Waals surface area contributed by atoms with E-state index < -0.39 is 88.8 Å². The molecule has 6 aromatic heterocycles. The zero-order chi connectivity index (χ0) is 79.1. The Kier molecular flexibility index (Phi) is 36.9. The van der Waals surface area contributed by atoms with Crippen LogP contribution >= 0.6 is 56.2 Å². The number of halogens is 3. The van der Waals surface area contributed by atoms with Gasteiger partial charge in [0.25, 0.3) is 6.47 Å². The molecule has 12 atom stereocenters. The molecule has 3 aromatic carbocycles. The number of hydrogen-bond donors (Lipinski definition) is 4. The third kappa shape index (κ3) is 26.5. The molecule has 111 heavy (non-hydrogen) atoms. The molecule has 0 saturated carbocycles. The van der Waals surface area contributed by atoms with Crippen molar-refractivity contribution in [2.45, 2.75) is 101 Å². The maximum atomic E-state index is 12.0. The second kappa shape index (κ2) is 43.5. The largest absolute Gasteiger partial charge is 1.00 e. The fraction of sp³-hybridized carbons (Fsp3) is 0.500. The monoisotopic (exact) mass is 1710 g/mol. The van der Waals surface area contributed by atoms with Crippen LogP contribution in [0.15, 0.2) is 110 Å². The van der Waals surface area contributed by atoms with Crippen molar-refractivity contribution < 1.29 is 191 Å². The van der Waals surface area contributed by atoms with Crippen molar-refractivity contribution in [3.63, 3.8) is 0 Å². The summed E-state index contributed by atoms with van der Waals surface area (Å²) in [5.41, 5.74) is 4.56. The number of rotatable bonds is 29. The van der Waals surface area contributed by atoms with Crippen molar-refractivity contribution in [3.8, 4) is 0 Å². The zero-order valence-electron chi connectivity index (χ0n) is 65.1. The number of carbonyl (C=O) groups is 2. The van der Waals surface area contributed by atoms with E-state index in [9.17, 15) is 38.9 Å². The summed E-state index contributed by atoms with van der Waals surface area (Å²) in [5, 5.41) is 66.2. The van der Waals surface area contributed by atoms with Crippen LogP contribution in [0.25, 0.3) is 33.1 Å². The molecule has 41 heteroatoms. The molecule has 9 heterocycles. The predicted molar refractivity (Wildman–Crippen MR) is 411 cm³/mol. The summed E-state index contributed by atoms with van der Waals surface area (Å²) in [6.45, 7) is 16.5.